The zero-order chi connectivity index (χ0) is 30.3. The van der Waals surface area contributed by atoms with Gasteiger partial charge < -0.3 is 29.8 Å². The number of aliphatic hydroxyl groups is 2. The van der Waals surface area contributed by atoms with Crippen molar-refractivity contribution in [3.05, 3.63) is 64.1 Å². The van der Waals surface area contributed by atoms with Crippen molar-refractivity contribution in [1.82, 2.24) is 24.1 Å². The molecule has 2 saturated carbocycles. The Morgan fingerprint density at radius 1 is 1.30 bits per heavy atom. The Balaban J connectivity index is 1.26. The molecule has 3 unspecified atom stereocenters. The van der Waals surface area contributed by atoms with Crippen molar-refractivity contribution in [1.29, 1.82) is 0 Å². The molecule has 2 aliphatic carbocycles. The average molecular weight is 586 g/mol. The van der Waals surface area contributed by atoms with E-state index in [0.717, 1.165) is 12.1 Å². The van der Waals surface area contributed by atoms with E-state index in [1.54, 1.807) is 36.2 Å². The first-order chi connectivity index (χ1) is 20.5. The Labute approximate surface area is 247 Å². The van der Waals surface area contributed by atoms with Gasteiger partial charge in [0.2, 0.25) is 11.9 Å². The van der Waals surface area contributed by atoms with Crippen LogP contribution in [0, 0.1) is 28.6 Å². The summed E-state index contributed by atoms with van der Waals surface area (Å²) < 4.78 is 9.34. The van der Waals surface area contributed by atoms with Gasteiger partial charge in [-0.15, -0.1) is 0 Å². The van der Waals surface area contributed by atoms with E-state index in [9.17, 15) is 19.8 Å². The molecule has 5 heterocycles. The summed E-state index contributed by atoms with van der Waals surface area (Å²) in [5, 5.41) is 21.9. The number of aliphatic hydroxyl groups excluding tert-OH is 2. The van der Waals surface area contributed by atoms with Gasteiger partial charge in [0.15, 0.2) is 0 Å². The molecule has 12 heteroatoms. The summed E-state index contributed by atoms with van der Waals surface area (Å²) in [6.07, 6.45) is 14.1. The summed E-state index contributed by atoms with van der Waals surface area (Å²) in [4.78, 5) is 41.7. The number of carbonyl (C=O) groups excluding carboxylic acids is 1. The quantitative estimate of drug-likeness (QED) is 0.338. The highest BCUT2D eigenvalue weighted by molar-refractivity contribution is 5.97. The zero-order valence-corrected chi connectivity index (χ0v) is 24.3. The minimum absolute atomic E-state index is 0.0196. The summed E-state index contributed by atoms with van der Waals surface area (Å²) >= 11 is 0. The smallest absolute Gasteiger partial charge is 0.343 e. The molecule has 6 atom stereocenters. The number of aliphatic imine (C=N–C) groups is 1. The normalized spacial score (nSPS) is 32.9. The van der Waals surface area contributed by atoms with Crippen molar-refractivity contribution >= 4 is 40.7 Å². The summed E-state index contributed by atoms with van der Waals surface area (Å²) in [6, 6.07) is 0. The number of anilines is 1. The molecule has 12 nitrogen and oxygen atoms in total. The Hall–Kier alpha value is -4.29. The number of esters is 1. The maximum Gasteiger partial charge on any atom is 0.343 e. The van der Waals surface area contributed by atoms with Crippen LogP contribution in [0.1, 0.15) is 38.7 Å². The van der Waals surface area contributed by atoms with E-state index < -0.39 is 17.5 Å². The van der Waals surface area contributed by atoms with Crippen LogP contribution in [0.5, 0.6) is 0 Å². The Bertz CT molecular complexity index is 1840. The second-order valence-corrected chi connectivity index (χ2v) is 12.8. The maximum absolute atomic E-state index is 13.0. The number of aryl methyl sites for hydroxylation is 1. The molecule has 0 bridgehead atoms. The fourth-order valence-corrected chi connectivity index (χ4v) is 8.04. The van der Waals surface area contributed by atoms with E-state index in [1.807, 2.05) is 19.2 Å². The molecule has 0 aromatic carbocycles. The molecule has 43 heavy (non-hydrogen) atoms. The van der Waals surface area contributed by atoms with Crippen LogP contribution in [0.15, 0.2) is 57.9 Å². The molecule has 5 N–H and O–H groups in total. The number of fused-ring (bicyclic) bond motifs is 4. The third kappa shape index (κ3) is 4.14. The Morgan fingerprint density at radius 2 is 2.12 bits per heavy atom. The maximum atomic E-state index is 13.0. The van der Waals surface area contributed by atoms with Crippen LogP contribution in [0.4, 0.5) is 11.9 Å². The standard InChI is InChI=1S/C31H35N7O5/c1-30-7-6-23(40)31(2,15-39)22(30)12-21-19(14-38-9-8-33-29(38)34-21)20(30)5-4-16-10-18(43-27(16)42)11-17-13-37(3)25-24(17)26(41)36-28(32)35-25/h4-5,8-11,13,19-20,22-23,39-40H,6-7,12,14-15H2,1-3H3,(H3,32,35,36,41)/b5-4+,18-11+/t19?,20?,22?,23-,30-,31+/m1/s1. The molecule has 224 valence electrons. The number of nitrogen functional groups attached to an aromatic ring is 1. The van der Waals surface area contributed by atoms with Crippen LogP contribution in [-0.2, 0) is 23.1 Å². The number of carbonyl (C=O) groups is 1. The second-order valence-electron chi connectivity index (χ2n) is 12.8. The van der Waals surface area contributed by atoms with Gasteiger partial charge >= 0.3 is 5.97 Å². The lowest BCUT2D eigenvalue weighted by molar-refractivity contribution is -0.147. The van der Waals surface area contributed by atoms with E-state index in [2.05, 4.69) is 32.5 Å². The summed E-state index contributed by atoms with van der Waals surface area (Å²) in [5.74, 6) is 0.566. The summed E-state index contributed by atoms with van der Waals surface area (Å²) in [6.45, 7) is 4.81. The van der Waals surface area contributed by atoms with Gasteiger partial charge in [-0.25, -0.2) is 14.8 Å². The van der Waals surface area contributed by atoms with Crippen molar-refractivity contribution in [2.24, 2.45) is 40.6 Å². The lowest BCUT2D eigenvalue weighted by Gasteiger charge is -2.61. The topological polar surface area (TPSA) is 174 Å². The first-order valence-electron chi connectivity index (χ1n) is 14.6. The Morgan fingerprint density at radius 3 is 2.91 bits per heavy atom. The number of hydrogen-bond donors (Lipinski definition) is 4. The monoisotopic (exact) mass is 585 g/mol. The molecule has 0 saturated heterocycles. The van der Waals surface area contributed by atoms with Crippen molar-refractivity contribution in [3.8, 4) is 0 Å². The van der Waals surface area contributed by atoms with Crippen molar-refractivity contribution < 1.29 is 19.7 Å². The number of nitrogens with two attached hydrogens (primary N) is 1. The fourth-order valence-electron chi connectivity index (χ4n) is 8.04. The highest BCUT2D eigenvalue weighted by atomic mass is 16.5. The molecule has 2 aliphatic heterocycles. The molecule has 0 radical (unpaired) electrons. The lowest BCUT2D eigenvalue weighted by atomic mass is 9.45. The van der Waals surface area contributed by atoms with E-state index in [4.69, 9.17) is 15.5 Å². The minimum Gasteiger partial charge on any atom is -0.423 e. The molecular formula is C31H35N7O5. The molecule has 0 spiro atoms. The molecule has 7 rings (SSSR count). The number of aromatic nitrogens is 5. The van der Waals surface area contributed by atoms with Crippen molar-refractivity contribution in [2.75, 3.05) is 12.3 Å². The van der Waals surface area contributed by atoms with Gasteiger partial charge in [0.05, 0.1) is 23.7 Å². The zero-order valence-electron chi connectivity index (χ0n) is 24.3. The minimum atomic E-state index is -0.684. The van der Waals surface area contributed by atoms with Crippen LogP contribution >= 0.6 is 0 Å². The van der Waals surface area contributed by atoms with E-state index in [1.165, 1.54) is 0 Å². The number of imidazole rings is 1. The first-order valence-corrected chi connectivity index (χ1v) is 14.6. The van der Waals surface area contributed by atoms with Crippen LogP contribution in [0.3, 0.4) is 0 Å². The van der Waals surface area contributed by atoms with Crippen LogP contribution < -0.4 is 11.3 Å². The Kier molecular flexibility index (Phi) is 6.16. The number of cyclic esters (lactones) is 1. The predicted octanol–water partition coefficient (Wildman–Crippen LogP) is 2.62. The first kappa shape index (κ1) is 27.5. The van der Waals surface area contributed by atoms with E-state index in [-0.39, 0.29) is 41.3 Å². The second kappa shape index (κ2) is 9.61. The molecular weight excluding hydrogens is 550 g/mol. The molecule has 2 fully saturated rings. The average Bonchev–Trinajstić information content (AvgIpc) is 3.65. The highest BCUT2D eigenvalue weighted by Crippen LogP contribution is 2.61. The third-order valence-corrected chi connectivity index (χ3v) is 10.4. The number of H-pyrrole nitrogens is 1. The fraction of sp³-hybridized carbons (Fsp3) is 0.452. The van der Waals surface area contributed by atoms with Crippen molar-refractivity contribution in [3.63, 3.8) is 0 Å². The number of allylic oxidation sites excluding steroid dienone is 2. The highest BCUT2D eigenvalue weighted by Gasteiger charge is 2.60. The van der Waals surface area contributed by atoms with Gasteiger partial charge in [-0.05, 0) is 48.7 Å². The van der Waals surface area contributed by atoms with E-state index in [0.29, 0.717) is 53.3 Å². The van der Waals surface area contributed by atoms with Gasteiger partial charge in [-0.3, -0.25) is 9.78 Å². The van der Waals surface area contributed by atoms with Gasteiger partial charge in [0.1, 0.15) is 11.4 Å². The van der Waals surface area contributed by atoms with Gasteiger partial charge in [-0.2, -0.15) is 4.98 Å². The largest absolute Gasteiger partial charge is 0.423 e. The van der Waals surface area contributed by atoms with Crippen LogP contribution in [0.25, 0.3) is 17.1 Å². The van der Waals surface area contributed by atoms with E-state index >= 15 is 0 Å². The van der Waals surface area contributed by atoms with Crippen molar-refractivity contribution in [2.45, 2.75) is 45.8 Å². The number of hydrogen-bond acceptors (Lipinski definition) is 9. The van der Waals surface area contributed by atoms with Crippen LogP contribution in [-0.4, -0.2) is 58.7 Å². The summed E-state index contributed by atoms with van der Waals surface area (Å²) in [7, 11) is 1.76. The van der Waals surface area contributed by atoms with Gasteiger partial charge in [0, 0.05) is 54.8 Å². The van der Waals surface area contributed by atoms with Gasteiger partial charge in [0.25, 0.3) is 5.56 Å². The molecule has 3 aromatic heterocycles. The number of ether oxygens (including phenoxy) is 1. The molecule has 4 aliphatic rings. The summed E-state index contributed by atoms with van der Waals surface area (Å²) in [5.41, 5.74) is 6.81. The molecule has 3 aromatic rings. The molecule has 0 amide bonds. The third-order valence-electron chi connectivity index (χ3n) is 10.4. The predicted molar refractivity (Wildman–Crippen MR) is 160 cm³/mol. The number of nitrogens with one attached hydrogen (secondary N) is 1. The number of rotatable bonds is 4. The lowest BCUT2D eigenvalue weighted by Crippen LogP contribution is -2.60. The number of aromatic amines is 1. The van der Waals surface area contributed by atoms with Crippen LogP contribution in [0.2, 0.25) is 0 Å². The SMILES string of the molecule is Cn1cc(/C=C2C=C(/C=C/C3C4Cn5ccnc5N=C4CC4[C@]3(C)CC[C@@H](O)[C@@]4(C)CO)C(=O)O\2)c2c(=O)[nH]c(N)nc21. The number of nitrogens with zero attached hydrogens (tertiary/aromatic N) is 5. The van der Waals surface area contributed by atoms with Gasteiger partial charge in [-0.1, -0.05) is 26.0 Å².